The summed E-state index contributed by atoms with van der Waals surface area (Å²) in [6, 6.07) is 5.01. The third kappa shape index (κ3) is 2.91. The van der Waals surface area contributed by atoms with E-state index >= 15 is 0 Å². The molecule has 1 fully saturated rings. The van der Waals surface area contributed by atoms with Crippen LogP contribution in [-0.4, -0.2) is 38.0 Å². The second-order valence-electron chi connectivity index (χ2n) is 5.49. The minimum Gasteiger partial charge on any atom is -0.398 e. The van der Waals surface area contributed by atoms with Crippen molar-refractivity contribution in [2.45, 2.75) is 31.3 Å². The number of nitrogens with zero attached hydrogens (tertiary/aromatic N) is 1. The number of nitrogen functional groups attached to an aromatic ring is 1. The summed E-state index contributed by atoms with van der Waals surface area (Å²) in [6.45, 7) is 6.74. The van der Waals surface area contributed by atoms with Gasteiger partial charge in [-0.25, -0.2) is 8.42 Å². The highest BCUT2D eigenvalue weighted by Crippen LogP contribution is 2.27. The standard InChI is InChI=1S/C13H20N2O3S/c1-10-4-5-12(11(14)8-10)19(16,17)15-6-7-18-13(2,3)9-15/h4-5,8H,6-7,9,14H2,1-3H3. The van der Waals surface area contributed by atoms with Gasteiger partial charge in [0.05, 0.1) is 17.9 Å². The first-order valence-corrected chi connectivity index (χ1v) is 7.67. The Hall–Kier alpha value is -1.11. The number of rotatable bonds is 2. The molecule has 1 heterocycles. The van der Waals surface area contributed by atoms with Gasteiger partial charge < -0.3 is 10.5 Å². The average Bonchev–Trinajstić information content (AvgIpc) is 2.27. The molecule has 0 radical (unpaired) electrons. The minimum atomic E-state index is -3.55. The van der Waals surface area contributed by atoms with Gasteiger partial charge in [0.25, 0.3) is 0 Å². The number of aryl methyl sites for hydroxylation is 1. The van der Waals surface area contributed by atoms with Crippen molar-refractivity contribution < 1.29 is 13.2 Å². The maximum atomic E-state index is 12.6. The summed E-state index contributed by atoms with van der Waals surface area (Å²) in [5, 5.41) is 0. The second kappa shape index (κ2) is 4.77. The molecule has 0 spiro atoms. The summed E-state index contributed by atoms with van der Waals surface area (Å²) in [5.74, 6) is 0. The number of nitrogens with two attached hydrogens (primary N) is 1. The lowest BCUT2D eigenvalue weighted by molar-refractivity contribution is -0.0640. The number of hydrogen-bond donors (Lipinski definition) is 1. The van der Waals surface area contributed by atoms with E-state index in [0.717, 1.165) is 5.56 Å². The van der Waals surface area contributed by atoms with E-state index in [1.807, 2.05) is 20.8 Å². The molecule has 0 saturated carbocycles. The van der Waals surface area contributed by atoms with Crippen LogP contribution in [0.3, 0.4) is 0 Å². The van der Waals surface area contributed by atoms with Gasteiger partial charge in [-0.05, 0) is 38.5 Å². The molecule has 1 aliphatic rings. The summed E-state index contributed by atoms with van der Waals surface area (Å²) >= 11 is 0. The van der Waals surface area contributed by atoms with Crippen molar-refractivity contribution in [1.29, 1.82) is 0 Å². The number of hydrogen-bond acceptors (Lipinski definition) is 4. The van der Waals surface area contributed by atoms with Gasteiger partial charge in [0, 0.05) is 13.1 Å². The van der Waals surface area contributed by atoms with Crippen LogP contribution < -0.4 is 5.73 Å². The van der Waals surface area contributed by atoms with Crippen molar-refractivity contribution in [2.24, 2.45) is 0 Å². The average molecular weight is 284 g/mol. The third-order valence-electron chi connectivity index (χ3n) is 3.17. The van der Waals surface area contributed by atoms with E-state index in [9.17, 15) is 8.42 Å². The normalized spacial score (nSPS) is 20.4. The van der Waals surface area contributed by atoms with Crippen molar-refractivity contribution in [2.75, 3.05) is 25.4 Å². The Bertz CT molecular complexity index is 582. The monoisotopic (exact) mass is 284 g/mol. The van der Waals surface area contributed by atoms with Gasteiger partial charge >= 0.3 is 0 Å². The van der Waals surface area contributed by atoms with Crippen LogP contribution in [0.1, 0.15) is 19.4 Å². The van der Waals surface area contributed by atoms with E-state index in [-0.39, 0.29) is 4.90 Å². The van der Waals surface area contributed by atoms with E-state index in [2.05, 4.69) is 0 Å². The molecule has 1 aliphatic heterocycles. The van der Waals surface area contributed by atoms with Crippen LogP contribution >= 0.6 is 0 Å². The summed E-state index contributed by atoms with van der Waals surface area (Å²) in [6.07, 6.45) is 0. The Balaban J connectivity index is 2.37. The SMILES string of the molecule is Cc1ccc(S(=O)(=O)N2CCOC(C)(C)C2)c(N)c1. The molecule has 1 aromatic carbocycles. The molecule has 5 nitrogen and oxygen atoms in total. The third-order valence-corrected chi connectivity index (χ3v) is 5.09. The lowest BCUT2D eigenvalue weighted by Crippen LogP contribution is -2.50. The van der Waals surface area contributed by atoms with Crippen LogP contribution in [0.5, 0.6) is 0 Å². The number of benzene rings is 1. The van der Waals surface area contributed by atoms with Crippen LogP contribution in [0.15, 0.2) is 23.1 Å². The van der Waals surface area contributed by atoms with Gasteiger partial charge in [-0.15, -0.1) is 0 Å². The number of morpholine rings is 1. The van der Waals surface area contributed by atoms with Crippen LogP contribution in [0.2, 0.25) is 0 Å². The summed E-state index contributed by atoms with van der Waals surface area (Å²) in [4.78, 5) is 0.177. The highest BCUT2D eigenvalue weighted by atomic mass is 32.2. The molecule has 106 valence electrons. The van der Waals surface area contributed by atoms with Gasteiger partial charge in [-0.3, -0.25) is 0 Å². The smallest absolute Gasteiger partial charge is 0.245 e. The molecular weight excluding hydrogens is 264 g/mol. The maximum Gasteiger partial charge on any atom is 0.245 e. The van der Waals surface area contributed by atoms with E-state index in [1.165, 1.54) is 4.31 Å². The van der Waals surface area contributed by atoms with Gasteiger partial charge in [-0.1, -0.05) is 6.07 Å². The van der Waals surface area contributed by atoms with E-state index < -0.39 is 15.6 Å². The maximum absolute atomic E-state index is 12.6. The number of sulfonamides is 1. The molecule has 0 aromatic heterocycles. The molecule has 6 heteroatoms. The summed E-state index contributed by atoms with van der Waals surface area (Å²) in [7, 11) is -3.55. The Labute approximate surface area is 114 Å². The Morgan fingerprint density at radius 3 is 2.63 bits per heavy atom. The Morgan fingerprint density at radius 2 is 2.05 bits per heavy atom. The fourth-order valence-electron chi connectivity index (χ4n) is 2.22. The van der Waals surface area contributed by atoms with Crippen molar-refractivity contribution in [3.63, 3.8) is 0 Å². The minimum absolute atomic E-state index is 0.177. The zero-order chi connectivity index (χ0) is 14.3. The van der Waals surface area contributed by atoms with Crippen molar-refractivity contribution in [1.82, 2.24) is 4.31 Å². The summed E-state index contributed by atoms with van der Waals surface area (Å²) < 4.78 is 32.2. The van der Waals surface area contributed by atoms with Crippen LogP contribution in [0.4, 0.5) is 5.69 Å². The molecular formula is C13H20N2O3S. The van der Waals surface area contributed by atoms with Crippen molar-refractivity contribution in [3.8, 4) is 0 Å². The van der Waals surface area contributed by atoms with Crippen LogP contribution in [0.25, 0.3) is 0 Å². The first-order valence-electron chi connectivity index (χ1n) is 6.23. The lowest BCUT2D eigenvalue weighted by atomic mass is 10.1. The predicted molar refractivity (Wildman–Crippen MR) is 74.4 cm³/mol. The molecule has 0 atom stereocenters. The lowest BCUT2D eigenvalue weighted by Gasteiger charge is -2.37. The number of ether oxygens (including phenoxy) is 1. The molecule has 0 unspecified atom stereocenters. The first kappa shape index (κ1) is 14.3. The predicted octanol–water partition coefficient (Wildman–Crippen LogP) is 1.38. The Kier molecular flexibility index (Phi) is 3.59. The highest BCUT2D eigenvalue weighted by Gasteiger charge is 2.35. The molecule has 1 saturated heterocycles. The van der Waals surface area contributed by atoms with Crippen LogP contribution in [0, 0.1) is 6.92 Å². The molecule has 0 amide bonds. The van der Waals surface area contributed by atoms with Gasteiger partial charge in [0.1, 0.15) is 4.90 Å². The quantitative estimate of drug-likeness (QED) is 0.833. The largest absolute Gasteiger partial charge is 0.398 e. The molecule has 1 aromatic rings. The molecule has 2 rings (SSSR count). The fraction of sp³-hybridized carbons (Fsp3) is 0.538. The van der Waals surface area contributed by atoms with Crippen molar-refractivity contribution >= 4 is 15.7 Å². The first-order chi connectivity index (χ1) is 8.72. The van der Waals surface area contributed by atoms with Crippen LogP contribution in [-0.2, 0) is 14.8 Å². The zero-order valence-corrected chi connectivity index (χ0v) is 12.3. The van der Waals surface area contributed by atoms with E-state index in [0.29, 0.717) is 25.4 Å². The number of anilines is 1. The topological polar surface area (TPSA) is 72.6 Å². The van der Waals surface area contributed by atoms with E-state index in [1.54, 1.807) is 18.2 Å². The van der Waals surface area contributed by atoms with Gasteiger partial charge in [0.2, 0.25) is 10.0 Å². The highest BCUT2D eigenvalue weighted by molar-refractivity contribution is 7.89. The molecule has 0 aliphatic carbocycles. The molecule has 2 N–H and O–H groups in total. The molecule has 0 bridgehead atoms. The zero-order valence-electron chi connectivity index (χ0n) is 11.5. The molecule has 19 heavy (non-hydrogen) atoms. The summed E-state index contributed by atoms with van der Waals surface area (Å²) in [5.41, 5.74) is 6.62. The Morgan fingerprint density at radius 1 is 1.37 bits per heavy atom. The van der Waals surface area contributed by atoms with E-state index in [4.69, 9.17) is 10.5 Å². The van der Waals surface area contributed by atoms with Gasteiger partial charge in [-0.2, -0.15) is 4.31 Å². The van der Waals surface area contributed by atoms with Gasteiger partial charge in [0.15, 0.2) is 0 Å². The fourth-order valence-corrected chi connectivity index (χ4v) is 3.89. The second-order valence-corrected chi connectivity index (χ2v) is 7.39. The van der Waals surface area contributed by atoms with Crippen molar-refractivity contribution in [3.05, 3.63) is 23.8 Å².